The molecule has 2 N–H and O–H groups in total. The van der Waals surface area contributed by atoms with Crippen LogP contribution in [-0.2, 0) is 10.0 Å². The second-order valence-corrected chi connectivity index (χ2v) is 6.95. The Bertz CT molecular complexity index is 260. The minimum absolute atomic E-state index is 0.325. The first-order valence-electron chi connectivity index (χ1n) is 4.73. The van der Waals surface area contributed by atoms with Gasteiger partial charge in [0.05, 0.1) is 11.9 Å². The summed E-state index contributed by atoms with van der Waals surface area (Å²) in [6, 6.07) is 0. The molecule has 1 rings (SSSR count). The van der Waals surface area contributed by atoms with Gasteiger partial charge in [-0.2, -0.15) is 11.8 Å². The van der Waals surface area contributed by atoms with E-state index < -0.39 is 15.3 Å². The van der Waals surface area contributed by atoms with Crippen molar-refractivity contribution in [1.29, 1.82) is 0 Å². The zero-order valence-electron chi connectivity index (χ0n) is 8.27. The molecule has 0 aromatic heterocycles. The summed E-state index contributed by atoms with van der Waals surface area (Å²) >= 11 is 1.86. The predicted octanol–water partition coefficient (Wildman–Crippen LogP) is 0.0397. The molecule has 0 radical (unpaired) electrons. The van der Waals surface area contributed by atoms with Gasteiger partial charge in [0.1, 0.15) is 0 Å². The van der Waals surface area contributed by atoms with Crippen molar-refractivity contribution in [2.45, 2.75) is 18.6 Å². The van der Waals surface area contributed by atoms with Gasteiger partial charge < -0.3 is 5.11 Å². The van der Waals surface area contributed by atoms with Crippen LogP contribution in [0.1, 0.15) is 13.3 Å². The highest BCUT2D eigenvalue weighted by Gasteiger charge is 2.22. The van der Waals surface area contributed by atoms with Crippen LogP contribution in [0.25, 0.3) is 0 Å². The van der Waals surface area contributed by atoms with Gasteiger partial charge in [-0.15, -0.1) is 0 Å². The van der Waals surface area contributed by atoms with Gasteiger partial charge >= 0.3 is 0 Å². The number of rotatable bonds is 5. The van der Waals surface area contributed by atoms with E-state index in [1.165, 1.54) is 6.92 Å². The number of nitrogens with one attached hydrogen (secondary N) is 1. The van der Waals surface area contributed by atoms with Crippen molar-refractivity contribution in [2.24, 2.45) is 5.92 Å². The molecule has 2 atom stereocenters. The van der Waals surface area contributed by atoms with Gasteiger partial charge in [0.2, 0.25) is 10.0 Å². The zero-order valence-corrected chi connectivity index (χ0v) is 9.90. The van der Waals surface area contributed by atoms with E-state index in [0.717, 1.165) is 17.9 Å². The summed E-state index contributed by atoms with van der Waals surface area (Å²) in [5.74, 6) is 2.62. The molecule has 14 heavy (non-hydrogen) atoms. The second-order valence-electron chi connectivity index (χ2n) is 3.62. The van der Waals surface area contributed by atoms with Crippen molar-refractivity contribution < 1.29 is 13.5 Å². The lowest BCUT2D eigenvalue weighted by Crippen LogP contribution is -2.37. The molecule has 1 aliphatic heterocycles. The Morgan fingerprint density at radius 1 is 1.64 bits per heavy atom. The number of aliphatic hydroxyl groups excluding tert-OH is 1. The van der Waals surface area contributed by atoms with E-state index >= 15 is 0 Å². The number of aliphatic hydroxyl groups is 1. The molecule has 0 aromatic carbocycles. The molecule has 1 fully saturated rings. The molecule has 2 unspecified atom stereocenters. The quantitative estimate of drug-likeness (QED) is 0.711. The summed E-state index contributed by atoms with van der Waals surface area (Å²) in [5, 5.41) is 8.03. The van der Waals surface area contributed by atoms with E-state index in [1.54, 1.807) is 0 Å². The van der Waals surface area contributed by atoms with Crippen molar-refractivity contribution in [3.05, 3.63) is 0 Å². The number of thioether (sulfide) groups is 1. The highest BCUT2D eigenvalue weighted by Crippen LogP contribution is 2.22. The fourth-order valence-corrected chi connectivity index (χ4v) is 3.45. The maximum Gasteiger partial charge on any atom is 0.216 e. The van der Waals surface area contributed by atoms with E-state index in [1.807, 2.05) is 11.8 Å². The summed E-state index contributed by atoms with van der Waals surface area (Å²) in [6.45, 7) is 1.69. The van der Waals surface area contributed by atoms with Crippen LogP contribution in [0.3, 0.4) is 0 Å². The molecular weight excluding hydrogens is 222 g/mol. The van der Waals surface area contributed by atoms with Crippen molar-refractivity contribution in [3.63, 3.8) is 0 Å². The minimum atomic E-state index is -3.31. The van der Waals surface area contributed by atoms with Gasteiger partial charge in [0.15, 0.2) is 0 Å². The smallest absolute Gasteiger partial charge is 0.216 e. The molecule has 0 aliphatic carbocycles. The Morgan fingerprint density at radius 2 is 2.36 bits per heavy atom. The van der Waals surface area contributed by atoms with Crippen molar-refractivity contribution in [2.75, 3.05) is 24.7 Å². The normalized spacial score (nSPS) is 25.1. The Balaban J connectivity index is 2.35. The largest absolute Gasteiger partial charge is 0.395 e. The van der Waals surface area contributed by atoms with Crippen molar-refractivity contribution in [3.8, 4) is 0 Å². The van der Waals surface area contributed by atoms with E-state index in [0.29, 0.717) is 12.5 Å². The summed E-state index contributed by atoms with van der Waals surface area (Å²) in [6.07, 6.45) is 1.08. The standard InChI is InChI=1S/C8H17NO3S2/c1-7(5-10)14(11,12)9-4-8-2-3-13-6-8/h7-10H,2-6H2,1H3. The average molecular weight is 239 g/mol. The van der Waals surface area contributed by atoms with Crippen LogP contribution in [0.15, 0.2) is 0 Å². The van der Waals surface area contributed by atoms with Gasteiger partial charge in [-0.1, -0.05) is 0 Å². The lowest BCUT2D eigenvalue weighted by Gasteiger charge is -2.13. The molecular formula is C8H17NO3S2. The van der Waals surface area contributed by atoms with Gasteiger partial charge in [-0.3, -0.25) is 0 Å². The second kappa shape index (κ2) is 5.34. The first kappa shape index (κ1) is 12.3. The average Bonchev–Trinajstić information content (AvgIpc) is 2.66. The number of hydrogen-bond acceptors (Lipinski definition) is 4. The molecule has 84 valence electrons. The highest BCUT2D eigenvalue weighted by molar-refractivity contribution is 7.99. The molecule has 0 spiro atoms. The third kappa shape index (κ3) is 3.42. The van der Waals surface area contributed by atoms with Crippen LogP contribution < -0.4 is 4.72 Å². The predicted molar refractivity (Wildman–Crippen MR) is 58.9 cm³/mol. The van der Waals surface area contributed by atoms with Crippen LogP contribution in [0.2, 0.25) is 0 Å². The number of hydrogen-bond donors (Lipinski definition) is 2. The minimum Gasteiger partial charge on any atom is -0.395 e. The van der Waals surface area contributed by atoms with Crippen LogP contribution in [0.4, 0.5) is 0 Å². The maximum absolute atomic E-state index is 11.4. The van der Waals surface area contributed by atoms with Crippen LogP contribution in [0, 0.1) is 5.92 Å². The first-order chi connectivity index (χ1) is 6.56. The molecule has 6 heteroatoms. The van der Waals surface area contributed by atoms with E-state index in [-0.39, 0.29) is 6.61 Å². The summed E-state index contributed by atoms with van der Waals surface area (Å²) < 4.78 is 25.4. The molecule has 4 nitrogen and oxygen atoms in total. The third-order valence-electron chi connectivity index (χ3n) is 2.38. The molecule has 1 heterocycles. The summed E-state index contributed by atoms with van der Waals surface area (Å²) in [5.41, 5.74) is 0. The topological polar surface area (TPSA) is 66.4 Å². The third-order valence-corrected chi connectivity index (χ3v) is 5.39. The van der Waals surface area contributed by atoms with Crippen molar-refractivity contribution in [1.82, 2.24) is 4.72 Å². The highest BCUT2D eigenvalue weighted by atomic mass is 32.2. The zero-order chi connectivity index (χ0) is 10.6. The Morgan fingerprint density at radius 3 is 2.86 bits per heavy atom. The monoisotopic (exact) mass is 239 g/mol. The molecule has 1 aliphatic rings. The summed E-state index contributed by atoms with van der Waals surface area (Å²) in [4.78, 5) is 0. The Labute approximate surface area is 89.5 Å². The van der Waals surface area contributed by atoms with Crippen LogP contribution >= 0.6 is 11.8 Å². The van der Waals surface area contributed by atoms with E-state index in [4.69, 9.17) is 5.11 Å². The number of sulfonamides is 1. The first-order valence-corrected chi connectivity index (χ1v) is 7.43. The van der Waals surface area contributed by atoms with Gasteiger partial charge in [-0.25, -0.2) is 13.1 Å². The molecule has 0 saturated carbocycles. The molecule has 1 saturated heterocycles. The molecule has 0 bridgehead atoms. The fourth-order valence-electron chi connectivity index (χ4n) is 1.22. The summed E-state index contributed by atoms with van der Waals surface area (Å²) in [7, 11) is -3.31. The Kier molecular flexibility index (Phi) is 4.69. The van der Waals surface area contributed by atoms with E-state index in [9.17, 15) is 8.42 Å². The van der Waals surface area contributed by atoms with Gasteiger partial charge in [0.25, 0.3) is 0 Å². The molecule has 0 aromatic rings. The van der Waals surface area contributed by atoms with Crippen LogP contribution in [0.5, 0.6) is 0 Å². The fraction of sp³-hybridized carbons (Fsp3) is 1.00. The van der Waals surface area contributed by atoms with Crippen LogP contribution in [-0.4, -0.2) is 43.4 Å². The molecule has 0 amide bonds. The van der Waals surface area contributed by atoms with Gasteiger partial charge in [-0.05, 0) is 30.8 Å². The van der Waals surface area contributed by atoms with Gasteiger partial charge in [0, 0.05) is 6.54 Å². The lowest BCUT2D eigenvalue weighted by atomic mass is 10.1. The Hall–Kier alpha value is 0.220. The maximum atomic E-state index is 11.4. The lowest BCUT2D eigenvalue weighted by molar-refractivity contribution is 0.294. The van der Waals surface area contributed by atoms with Crippen molar-refractivity contribution >= 4 is 21.8 Å². The van der Waals surface area contributed by atoms with E-state index in [2.05, 4.69) is 4.72 Å². The SMILES string of the molecule is CC(CO)S(=O)(=O)NCC1CCSC1.